The number of hydrogen-bond donors (Lipinski definition) is 3. The molecule has 0 fully saturated rings. The number of hydrogen-bond acceptors (Lipinski definition) is 3. The molecular formula is C11H16N2O2. The van der Waals surface area contributed by atoms with Crippen LogP contribution in [0.15, 0.2) is 18.2 Å². The minimum atomic E-state index is -0.250. The molecule has 4 heteroatoms. The average Bonchev–Trinajstić information content (AvgIpc) is 2.21. The van der Waals surface area contributed by atoms with E-state index in [1.807, 2.05) is 6.92 Å². The molecule has 82 valence electrons. The maximum Gasteiger partial charge on any atom is 0.251 e. The van der Waals surface area contributed by atoms with Crippen molar-refractivity contribution in [3.8, 4) is 0 Å². The van der Waals surface area contributed by atoms with E-state index in [1.165, 1.54) is 0 Å². The Bertz CT molecular complexity index is 364. The highest BCUT2D eigenvalue weighted by Gasteiger charge is 2.09. The number of rotatable bonds is 3. The van der Waals surface area contributed by atoms with Crippen LogP contribution in [0.3, 0.4) is 0 Å². The van der Waals surface area contributed by atoms with Crippen LogP contribution in [0.1, 0.15) is 22.8 Å². The lowest BCUT2D eigenvalue weighted by molar-refractivity contribution is 0.0922. The minimum Gasteiger partial charge on any atom is -0.398 e. The van der Waals surface area contributed by atoms with Gasteiger partial charge < -0.3 is 16.2 Å². The number of nitrogen functional groups attached to an aromatic ring is 1. The van der Waals surface area contributed by atoms with Gasteiger partial charge in [0.1, 0.15) is 0 Å². The summed E-state index contributed by atoms with van der Waals surface area (Å²) in [5.41, 5.74) is 7.75. The zero-order valence-corrected chi connectivity index (χ0v) is 8.95. The van der Waals surface area contributed by atoms with Gasteiger partial charge in [-0.2, -0.15) is 0 Å². The van der Waals surface area contributed by atoms with E-state index in [9.17, 15) is 4.79 Å². The van der Waals surface area contributed by atoms with E-state index in [-0.39, 0.29) is 18.6 Å². The van der Waals surface area contributed by atoms with Crippen LogP contribution >= 0.6 is 0 Å². The molecule has 4 nitrogen and oxygen atoms in total. The Labute approximate surface area is 89.1 Å². The third kappa shape index (κ3) is 2.95. The highest BCUT2D eigenvalue weighted by molar-refractivity contribution is 5.95. The fourth-order valence-electron chi connectivity index (χ4n) is 1.13. The van der Waals surface area contributed by atoms with Gasteiger partial charge in [-0.15, -0.1) is 0 Å². The second-order valence-electron chi connectivity index (χ2n) is 3.63. The van der Waals surface area contributed by atoms with E-state index in [0.717, 1.165) is 5.56 Å². The Morgan fingerprint density at radius 3 is 2.80 bits per heavy atom. The van der Waals surface area contributed by atoms with E-state index in [4.69, 9.17) is 10.8 Å². The number of anilines is 1. The van der Waals surface area contributed by atoms with Crippen molar-refractivity contribution in [1.29, 1.82) is 0 Å². The predicted molar refractivity (Wildman–Crippen MR) is 59.6 cm³/mol. The summed E-state index contributed by atoms with van der Waals surface area (Å²) in [6, 6.07) is 4.90. The number of nitrogens with two attached hydrogens (primary N) is 1. The highest BCUT2D eigenvalue weighted by atomic mass is 16.3. The Morgan fingerprint density at radius 2 is 2.27 bits per heavy atom. The van der Waals surface area contributed by atoms with Crippen LogP contribution in [-0.2, 0) is 0 Å². The average molecular weight is 208 g/mol. The fourth-order valence-corrected chi connectivity index (χ4v) is 1.13. The molecule has 1 aromatic carbocycles. The molecular weight excluding hydrogens is 192 g/mol. The lowest BCUT2D eigenvalue weighted by atomic mass is 10.1. The predicted octanol–water partition coefficient (Wildman–Crippen LogP) is 0.688. The topological polar surface area (TPSA) is 75.3 Å². The molecule has 0 aliphatic carbocycles. The number of nitrogens with one attached hydrogen (secondary N) is 1. The number of amides is 1. The normalized spacial score (nSPS) is 12.2. The molecule has 0 saturated heterocycles. The summed E-state index contributed by atoms with van der Waals surface area (Å²) in [5.74, 6) is -0.219. The lowest BCUT2D eigenvalue weighted by Gasteiger charge is -2.11. The number of benzene rings is 1. The van der Waals surface area contributed by atoms with Gasteiger partial charge in [0.25, 0.3) is 5.91 Å². The third-order valence-corrected chi connectivity index (χ3v) is 2.19. The lowest BCUT2D eigenvalue weighted by Crippen LogP contribution is -2.35. The molecule has 0 aromatic heterocycles. The molecule has 0 bridgehead atoms. The van der Waals surface area contributed by atoms with E-state index in [1.54, 1.807) is 25.1 Å². The first-order chi connectivity index (χ1) is 7.04. The van der Waals surface area contributed by atoms with Gasteiger partial charge in [-0.1, -0.05) is 6.07 Å². The largest absolute Gasteiger partial charge is 0.398 e. The first kappa shape index (κ1) is 11.5. The Kier molecular flexibility index (Phi) is 3.68. The molecule has 4 N–H and O–H groups in total. The monoisotopic (exact) mass is 208 g/mol. The van der Waals surface area contributed by atoms with Crippen molar-refractivity contribution in [3.05, 3.63) is 29.3 Å². The van der Waals surface area contributed by atoms with E-state index in [0.29, 0.717) is 11.3 Å². The van der Waals surface area contributed by atoms with Crippen LogP contribution < -0.4 is 11.1 Å². The molecule has 1 aromatic rings. The van der Waals surface area contributed by atoms with Gasteiger partial charge in [0.15, 0.2) is 0 Å². The number of carbonyl (C=O) groups is 1. The molecule has 0 saturated carbocycles. The fraction of sp³-hybridized carbons (Fsp3) is 0.364. The van der Waals surface area contributed by atoms with Gasteiger partial charge in [-0.3, -0.25) is 4.79 Å². The summed E-state index contributed by atoms with van der Waals surface area (Å²) >= 11 is 0. The highest BCUT2D eigenvalue weighted by Crippen LogP contribution is 2.12. The SMILES string of the molecule is Cc1ccc(C(=O)N[C@H](C)CO)cc1N. The number of aliphatic hydroxyl groups excluding tert-OH is 1. The summed E-state index contributed by atoms with van der Waals surface area (Å²) in [6.07, 6.45) is 0. The molecule has 0 aliphatic rings. The van der Waals surface area contributed by atoms with Crippen molar-refractivity contribution in [3.63, 3.8) is 0 Å². The summed E-state index contributed by atoms with van der Waals surface area (Å²) in [5, 5.41) is 11.4. The van der Waals surface area contributed by atoms with Gasteiger partial charge in [-0.25, -0.2) is 0 Å². The molecule has 0 aliphatic heterocycles. The van der Waals surface area contributed by atoms with Crippen LogP contribution in [0.5, 0.6) is 0 Å². The van der Waals surface area contributed by atoms with E-state index < -0.39 is 0 Å². The zero-order chi connectivity index (χ0) is 11.4. The van der Waals surface area contributed by atoms with Crippen molar-refractivity contribution < 1.29 is 9.90 Å². The van der Waals surface area contributed by atoms with Crippen LogP contribution in [0, 0.1) is 6.92 Å². The summed E-state index contributed by atoms with van der Waals surface area (Å²) in [6.45, 7) is 3.54. The first-order valence-electron chi connectivity index (χ1n) is 4.82. The van der Waals surface area contributed by atoms with Crippen LogP contribution in [0.4, 0.5) is 5.69 Å². The Balaban J connectivity index is 2.78. The van der Waals surface area contributed by atoms with Crippen molar-refractivity contribution in [2.24, 2.45) is 0 Å². The second-order valence-corrected chi connectivity index (χ2v) is 3.63. The summed E-state index contributed by atoms with van der Waals surface area (Å²) < 4.78 is 0. The van der Waals surface area contributed by atoms with Gasteiger partial charge in [0.2, 0.25) is 0 Å². The quantitative estimate of drug-likeness (QED) is 0.640. The van der Waals surface area contributed by atoms with Crippen molar-refractivity contribution >= 4 is 11.6 Å². The van der Waals surface area contributed by atoms with Gasteiger partial charge in [0, 0.05) is 17.3 Å². The molecule has 1 atom stereocenters. The second kappa shape index (κ2) is 4.79. The van der Waals surface area contributed by atoms with Crippen LogP contribution in [0.2, 0.25) is 0 Å². The van der Waals surface area contributed by atoms with Gasteiger partial charge in [0.05, 0.1) is 6.61 Å². The van der Waals surface area contributed by atoms with E-state index in [2.05, 4.69) is 5.32 Å². The molecule has 15 heavy (non-hydrogen) atoms. The van der Waals surface area contributed by atoms with E-state index >= 15 is 0 Å². The number of aliphatic hydroxyl groups is 1. The minimum absolute atomic E-state index is 0.0763. The van der Waals surface area contributed by atoms with Crippen molar-refractivity contribution in [1.82, 2.24) is 5.32 Å². The molecule has 0 radical (unpaired) electrons. The maximum absolute atomic E-state index is 11.6. The third-order valence-electron chi connectivity index (χ3n) is 2.19. The summed E-state index contributed by atoms with van der Waals surface area (Å²) in [7, 11) is 0. The molecule has 0 unspecified atom stereocenters. The van der Waals surface area contributed by atoms with Gasteiger partial charge in [-0.05, 0) is 31.5 Å². The number of carbonyl (C=O) groups excluding carboxylic acids is 1. The molecule has 0 heterocycles. The number of aryl methyl sites for hydroxylation is 1. The van der Waals surface area contributed by atoms with Crippen LogP contribution in [0.25, 0.3) is 0 Å². The molecule has 1 rings (SSSR count). The molecule has 0 spiro atoms. The Hall–Kier alpha value is -1.55. The first-order valence-corrected chi connectivity index (χ1v) is 4.82. The summed E-state index contributed by atoms with van der Waals surface area (Å²) in [4.78, 5) is 11.6. The standard InChI is InChI=1S/C11H16N2O2/c1-7-3-4-9(5-10(7)12)11(15)13-8(2)6-14/h3-5,8,14H,6,12H2,1-2H3,(H,13,15)/t8-/m1/s1. The van der Waals surface area contributed by atoms with Gasteiger partial charge >= 0.3 is 0 Å². The van der Waals surface area contributed by atoms with Crippen molar-refractivity contribution in [2.75, 3.05) is 12.3 Å². The van der Waals surface area contributed by atoms with Crippen molar-refractivity contribution in [2.45, 2.75) is 19.9 Å². The Morgan fingerprint density at radius 1 is 1.60 bits per heavy atom. The smallest absolute Gasteiger partial charge is 0.251 e. The molecule has 1 amide bonds. The zero-order valence-electron chi connectivity index (χ0n) is 8.95. The van der Waals surface area contributed by atoms with Crippen LogP contribution in [-0.4, -0.2) is 23.7 Å². The maximum atomic E-state index is 11.6.